The molecule has 2 aromatic heterocycles. The lowest BCUT2D eigenvalue weighted by molar-refractivity contribution is 0.413. The average molecular weight is 350 g/mol. The molecule has 0 amide bonds. The minimum atomic E-state index is -3.64. The molecule has 23 heavy (non-hydrogen) atoms. The number of ether oxygens (including phenoxy) is 1. The second kappa shape index (κ2) is 6.49. The first-order chi connectivity index (χ1) is 11.1. The molecule has 0 unspecified atom stereocenters. The molecule has 0 aliphatic rings. The summed E-state index contributed by atoms with van der Waals surface area (Å²) in [5.41, 5.74) is 1.42. The number of sulfonamides is 1. The van der Waals surface area contributed by atoms with E-state index < -0.39 is 10.0 Å². The van der Waals surface area contributed by atoms with Crippen LogP contribution in [0.25, 0.3) is 5.69 Å². The third kappa shape index (κ3) is 3.58. The number of aromatic nitrogens is 3. The quantitative estimate of drug-likeness (QED) is 0.733. The molecule has 0 aliphatic heterocycles. The van der Waals surface area contributed by atoms with Gasteiger partial charge in [-0.2, -0.15) is 11.3 Å². The summed E-state index contributed by atoms with van der Waals surface area (Å²) < 4.78 is 33.7. The van der Waals surface area contributed by atoms with E-state index >= 15 is 0 Å². The molecular formula is C14H14N4O3S2. The van der Waals surface area contributed by atoms with Crippen molar-refractivity contribution < 1.29 is 13.2 Å². The van der Waals surface area contributed by atoms with Crippen molar-refractivity contribution in [2.24, 2.45) is 0 Å². The van der Waals surface area contributed by atoms with Crippen LogP contribution in [-0.2, 0) is 16.6 Å². The van der Waals surface area contributed by atoms with E-state index in [1.807, 2.05) is 16.8 Å². The Labute approximate surface area is 137 Å². The number of nitrogens with zero attached hydrogens (tertiary/aromatic N) is 3. The van der Waals surface area contributed by atoms with Gasteiger partial charge in [0.2, 0.25) is 10.0 Å². The Morgan fingerprint density at radius 1 is 1.35 bits per heavy atom. The maximum atomic E-state index is 12.3. The van der Waals surface area contributed by atoms with Crippen molar-refractivity contribution in [1.82, 2.24) is 19.7 Å². The fraction of sp³-hybridized carbons (Fsp3) is 0.143. The molecule has 2 heterocycles. The summed E-state index contributed by atoms with van der Waals surface area (Å²) in [7, 11) is -2.15. The van der Waals surface area contributed by atoms with Gasteiger partial charge in [-0.15, -0.1) is 5.10 Å². The van der Waals surface area contributed by atoms with Crippen LogP contribution >= 0.6 is 11.3 Å². The van der Waals surface area contributed by atoms with Gasteiger partial charge in [0.15, 0.2) is 0 Å². The number of rotatable bonds is 6. The molecule has 7 nitrogen and oxygen atoms in total. The summed E-state index contributed by atoms with van der Waals surface area (Å²) >= 11 is 1.55. The van der Waals surface area contributed by atoms with Gasteiger partial charge in [0.25, 0.3) is 0 Å². The van der Waals surface area contributed by atoms with E-state index in [0.29, 0.717) is 11.4 Å². The van der Waals surface area contributed by atoms with Crippen LogP contribution in [-0.4, -0.2) is 30.5 Å². The van der Waals surface area contributed by atoms with Gasteiger partial charge in [0.1, 0.15) is 5.75 Å². The molecule has 0 fully saturated rings. The van der Waals surface area contributed by atoms with Crippen LogP contribution in [0.5, 0.6) is 5.75 Å². The first kappa shape index (κ1) is 15.7. The Kier molecular flexibility index (Phi) is 4.42. The Hall–Kier alpha value is -2.23. The van der Waals surface area contributed by atoms with Gasteiger partial charge in [-0.25, -0.2) is 17.8 Å². The Bertz CT molecular complexity index is 888. The van der Waals surface area contributed by atoms with Crippen molar-refractivity contribution in [1.29, 1.82) is 0 Å². The van der Waals surface area contributed by atoms with E-state index in [0.717, 1.165) is 5.69 Å². The third-order valence-electron chi connectivity index (χ3n) is 3.11. The highest BCUT2D eigenvalue weighted by molar-refractivity contribution is 7.89. The van der Waals surface area contributed by atoms with Crippen molar-refractivity contribution in [3.05, 3.63) is 53.0 Å². The molecule has 1 aromatic carbocycles. The lowest BCUT2D eigenvalue weighted by Crippen LogP contribution is -2.23. The van der Waals surface area contributed by atoms with E-state index in [1.165, 1.54) is 19.2 Å². The van der Waals surface area contributed by atoms with E-state index in [9.17, 15) is 8.42 Å². The molecule has 0 saturated carbocycles. The maximum absolute atomic E-state index is 12.3. The summed E-state index contributed by atoms with van der Waals surface area (Å²) in [5, 5.41) is 11.8. The molecule has 0 spiro atoms. The lowest BCUT2D eigenvalue weighted by atomic mass is 10.3. The lowest BCUT2D eigenvalue weighted by Gasteiger charge is -2.06. The largest absolute Gasteiger partial charge is 0.497 e. The van der Waals surface area contributed by atoms with Crippen molar-refractivity contribution >= 4 is 21.4 Å². The van der Waals surface area contributed by atoms with Crippen LogP contribution in [0.4, 0.5) is 0 Å². The molecule has 1 N–H and O–H groups in total. The number of benzene rings is 1. The van der Waals surface area contributed by atoms with Gasteiger partial charge < -0.3 is 4.74 Å². The fourth-order valence-corrected chi connectivity index (χ4v) is 3.57. The minimum Gasteiger partial charge on any atom is -0.497 e. The third-order valence-corrected chi connectivity index (χ3v) is 5.18. The standard InChI is InChI=1S/C14H14N4O3S2/c1-21-13-3-2-4-14(7-13)23(19,20)15-8-11-9-18(17-16-11)12-5-6-22-10-12/h2-7,9-10,15H,8H2,1H3. The molecule has 0 atom stereocenters. The molecule has 0 saturated heterocycles. The van der Waals surface area contributed by atoms with E-state index in [-0.39, 0.29) is 11.4 Å². The highest BCUT2D eigenvalue weighted by Crippen LogP contribution is 2.17. The number of methoxy groups -OCH3 is 1. The van der Waals surface area contributed by atoms with Crippen LogP contribution in [0.3, 0.4) is 0 Å². The number of thiophene rings is 1. The van der Waals surface area contributed by atoms with Crippen LogP contribution in [0.1, 0.15) is 5.69 Å². The summed E-state index contributed by atoms with van der Waals surface area (Å²) in [6.45, 7) is 0.0592. The zero-order valence-electron chi connectivity index (χ0n) is 12.2. The monoisotopic (exact) mass is 350 g/mol. The van der Waals surface area contributed by atoms with Gasteiger partial charge in [-0.05, 0) is 23.6 Å². The van der Waals surface area contributed by atoms with Crippen molar-refractivity contribution in [3.8, 4) is 11.4 Å². The topological polar surface area (TPSA) is 86.1 Å². The average Bonchev–Trinajstić information content (AvgIpc) is 3.24. The zero-order chi connectivity index (χ0) is 16.3. The first-order valence-corrected chi connectivity index (χ1v) is 9.08. The van der Waals surface area contributed by atoms with Crippen LogP contribution in [0.2, 0.25) is 0 Å². The van der Waals surface area contributed by atoms with Gasteiger partial charge in [-0.3, -0.25) is 0 Å². The van der Waals surface area contributed by atoms with Gasteiger partial charge >= 0.3 is 0 Å². The van der Waals surface area contributed by atoms with Crippen molar-refractivity contribution in [3.63, 3.8) is 0 Å². The highest BCUT2D eigenvalue weighted by atomic mass is 32.2. The molecule has 3 aromatic rings. The molecule has 0 bridgehead atoms. The van der Waals surface area contributed by atoms with Gasteiger partial charge in [0.05, 0.1) is 36.1 Å². The van der Waals surface area contributed by atoms with Crippen molar-refractivity contribution in [2.45, 2.75) is 11.4 Å². The summed E-state index contributed by atoms with van der Waals surface area (Å²) in [5.74, 6) is 0.483. The van der Waals surface area contributed by atoms with Crippen LogP contribution in [0.15, 0.2) is 52.2 Å². The number of hydrogen-bond acceptors (Lipinski definition) is 6. The molecule has 0 aliphatic carbocycles. The maximum Gasteiger partial charge on any atom is 0.241 e. The van der Waals surface area contributed by atoms with E-state index in [2.05, 4.69) is 15.0 Å². The second-order valence-electron chi connectivity index (χ2n) is 4.64. The summed E-state index contributed by atoms with van der Waals surface area (Å²) in [6.07, 6.45) is 1.69. The molecule has 9 heteroatoms. The second-order valence-corrected chi connectivity index (χ2v) is 7.19. The van der Waals surface area contributed by atoms with Crippen molar-refractivity contribution in [2.75, 3.05) is 7.11 Å². The summed E-state index contributed by atoms with van der Waals surface area (Å²) in [6, 6.07) is 8.19. The van der Waals surface area contributed by atoms with Crippen LogP contribution in [0, 0.1) is 0 Å². The summed E-state index contributed by atoms with van der Waals surface area (Å²) in [4.78, 5) is 0.141. The fourth-order valence-electron chi connectivity index (χ4n) is 1.91. The minimum absolute atomic E-state index is 0.0592. The van der Waals surface area contributed by atoms with E-state index in [4.69, 9.17) is 4.74 Å². The molecule has 0 radical (unpaired) electrons. The Balaban J connectivity index is 1.72. The normalized spacial score (nSPS) is 11.5. The number of hydrogen-bond donors (Lipinski definition) is 1. The van der Waals surface area contributed by atoms with E-state index in [1.54, 1.807) is 34.3 Å². The van der Waals surface area contributed by atoms with Gasteiger partial charge in [0, 0.05) is 11.4 Å². The Morgan fingerprint density at radius 2 is 2.22 bits per heavy atom. The molecule has 120 valence electrons. The smallest absolute Gasteiger partial charge is 0.241 e. The predicted molar refractivity (Wildman–Crippen MR) is 86.3 cm³/mol. The van der Waals surface area contributed by atoms with Crippen LogP contribution < -0.4 is 9.46 Å². The Morgan fingerprint density at radius 3 is 2.96 bits per heavy atom. The predicted octanol–water partition coefficient (Wildman–Crippen LogP) is 1.82. The number of nitrogens with one attached hydrogen (secondary N) is 1. The SMILES string of the molecule is COc1cccc(S(=O)(=O)NCc2cn(-c3ccsc3)nn2)c1. The highest BCUT2D eigenvalue weighted by Gasteiger charge is 2.15. The molecule has 3 rings (SSSR count). The first-order valence-electron chi connectivity index (χ1n) is 6.66. The zero-order valence-corrected chi connectivity index (χ0v) is 13.8. The van der Waals surface area contributed by atoms with Gasteiger partial charge in [-0.1, -0.05) is 11.3 Å². The molecular weight excluding hydrogens is 336 g/mol.